The summed E-state index contributed by atoms with van der Waals surface area (Å²) in [5.41, 5.74) is 7.35. The summed E-state index contributed by atoms with van der Waals surface area (Å²) >= 11 is 5.98. The second kappa shape index (κ2) is 5.07. The molecule has 1 aromatic rings. The first kappa shape index (κ1) is 13.3. The lowest BCUT2D eigenvalue weighted by Gasteiger charge is -2.24. The van der Waals surface area contributed by atoms with Crippen molar-refractivity contribution in [2.45, 2.75) is 33.2 Å². The number of nitrogens with two attached hydrogens (primary N) is 1. The van der Waals surface area contributed by atoms with Crippen LogP contribution in [0.25, 0.3) is 0 Å². The van der Waals surface area contributed by atoms with Gasteiger partial charge in [-0.15, -0.1) is 0 Å². The summed E-state index contributed by atoms with van der Waals surface area (Å²) < 4.78 is 5.30. The highest BCUT2D eigenvalue weighted by Crippen LogP contribution is 2.33. The molecule has 1 unspecified atom stereocenters. The van der Waals surface area contributed by atoms with E-state index in [9.17, 15) is 0 Å². The number of benzene rings is 1. The minimum Gasteiger partial charge on any atom is -0.496 e. The van der Waals surface area contributed by atoms with Crippen LogP contribution in [0.3, 0.4) is 0 Å². The van der Waals surface area contributed by atoms with Crippen LogP contribution in [0.5, 0.6) is 5.75 Å². The largest absolute Gasteiger partial charge is 0.496 e. The topological polar surface area (TPSA) is 35.2 Å². The van der Waals surface area contributed by atoms with Crippen molar-refractivity contribution >= 4 is 11.6 Å². The first-order chi connectivity index (χ1) is 7.33. The summed E-state index contributed by atoms with van der Waals surface area (Å²) in [6.45, 7) is 6.51. The molecule has 0 heterocycles. The maximum atomic E-state index is 6.19. The fourth-order valence-corrected chi connectivity index (χ4v) is 1.95. The Hall–Kier alpha value is -0.730. The van der Waals surface area contributed by atoms with Gasteiger partial charge in [0.1, 0.15) is 5.75 Å². The van der Waals surface area contributed by atoms with E-state index in [0.29, 0.717) is 5.02 Å². The molecular formula is C13H20ClNO. The molecule has 0 fully saturated rings. The minimum absolute atomic E-state index is 0.0475. The molecule has 0 bridgehead atoms. The average molecular weight is 242 g/mol. The van der Waals surface area contributed by atoms with Gasteiger partial charge in [0.15, 0.2) is 0 Å². The molecule has 0 radical (unpaired) electrons. The van der Waals surface area contributed by atoms with Crippen molar-refractivity contribution in [3.63, 3.8) is 0 Å². The highest BCUT2D eigenvalue weighted by atomic mass is 35.5. The van der Waals surface area contributed by atoms with E-state index in [1.807, 2.05) is 18.2 Å². The fraction of sp³-hybridized carbons (Fsp3) is 0.538. The summed E-state index contributed by atoms with van der Waals surface area (Å²) in [5, 5.41) is 0.695. The molecule has 3 heteroatoms. The first-order valence-electron chi connectivity index (χ1n) is 5.42. The Kier molecular flexibility index (Phi) is 4.22. The van der Waals surface area contributed by atoms with Gasteiger partial charge in [0, 0.05) is 16.6 Å². The van der Waals surface area contributed by atoms with E-state index in [4.69, 9.17) is 22.1 Å². The molecule has 0 aliphatic heterocycles. The van der Waals surface area contributed by atoms with Crippen molar-refractivity contribution in [2.24, 2.45) is 11.1 Å². The Morgan fingerprint density at radius 2 is 2.00 bits per heavy atom. The number of hydrogen-bond donors (Lipinski definition) is 1. The molecular weight excluding hydrogens is 222 g/mol. The van der Waals surface area contributed by atoms with E-state index < -0.39 is 0 Å². The van der Waals surface area contributed by atoms with Crippen LogP contribution in [-0.4, -0.2) is 7.11 Å². The summed E-state index contributed by atoms with van der Waals surface area (Å²) in [7, 11) is 1.65. The van der Waals surface area contributed by atoms with Crippen LogP contribution >= 0.6 is 11.6 Å². The van der Waals surface area contributed by atoms with Crippen molar-refractivity contribution in [1.29, 1.82) is 0 Å². The van der Waals surface area contributed by atoms with Crippen LogP contribution in [0.4, 0.5) is 0 Å². The molecule has 1 aromatic carbocycles. The monoisotopic (exact) mass is 241 g/mol. The maximum Gasteiger partial charge on any atom is 0.123 e. The summed E-state index contributed by atoms with van der Waals surface area (Å²) in [6, 6.07) is 5.51. The Balaban J connectivity index is 2.97. The zero-order valence-electron chi connectivity index (χ0n) is 10.4. The molecule has 2 N–H and O–H groups in total. The lowest BCUT2D eigenvalue weighted by atomic mass is 9.85. The van der Waals surface area contributed by atoms with Gasteiger partial charge in [-0.2, -0.15) is 0 Å². The lowest BCUT2D eigenvalue weighted by molar-refractivity contribution is 0.334. The van der Waals surface area contributed by atoms with Gasteiger partial charge in [0.05, 0.1) is 7.11 Å². The van der Waals surface area contributed by atoms with Crippen LogP contribution in [0.15, 0.2) is 18.2 Å². The number of halogens is 1. The second-order valence-corrected chi connectivity index (χ2v) is 5.69. The van der Waals surface area contributed by atoms with Crippen molar-refractivity contribution in [2.75, 3.05) is 7.11 Å². The minimum atomic E-state index is -0.0475. The van der Waals surface area contributed by atoms with E-state index in [1.54, 1.807) is 7.11 Å². The van der Waals surface area contributed by atoms with Gasteiger partial charge in [-0.25, -0.2) is 0 Å². The van der Waals surface area contributed by atoms with Gasteiger partial charge in [-0.05, 0) is 30.0 Å². The summed E-state index contributed by atoms with van der Waals surface area (Å²) in [4.78, 5) is 0. The molecule has 16 heavy (non-hydrogen) atoms. The van der Waals surface area contributed by atoms with E-state index in [-0.39, 0.29) is 11.5 Å². The molecule has 0 saturated heterocycles. The number of rotatable bonds is 3. The van der Waals surface area contributed by atoms with Crippen molar-refractivity contribution in [3.05, 3.63) is 28.8 Å². The maximum absolute atomic E-state index is 6.19. The van der Waals surface area contributed by atoms with Gasteiger partial charge in [0.2, 0.25) is 0 Å². The Bertz CT molecular complexity index is 357. The smallest absolute Gasteiger partial charge is 0.123 e. The highest BCUT2D eigenvalue weighted by molar-refractivity contribution is 6.30. The number of hydrogen-bond acceptors (Lipinski definition) is 2. The fourth-order valence-electron chi connectivity index (χ4n) is 1.76. The third-order valence-electron chi connectivity index (χ3n) is 2.42. The Morgan fingerprint density at radius 3 is 2.50 bits per heavy atom. The van der Waals surface area contributed by atoms with E-state index >= 15 is 0 Å². The van der Waals surface area contributed by atoms with Crippen LogP contribution in [0.2, 0.25) is 5.02 Å². The van der Waals surface area contributed by atoms with Gasteiger partial charge in [-0.1, -0.05) is 32.4 Å². The zero-order valence-corrected chi connectivity index (χ0v) is 11.1. The lowest BCUT2D eigenvalue weighted by Crippen LogP contribution is -2.19. The van der Waals surface area contributed by atoms with Gasteiger partial charge in [-0.3, -0.25) is 0 Å². The average Bonchev–Trinajstić information content (AvgIpc) is 2.15. The van der Waals surface area contributed by atoms with Gasteiger partial charge < -0.3 is 10.5 Å². The summed E-state index contributed by atoms with van der Waals surface area (Å²) in [5.74, 6) is 0.807. The van der Waals surface area contributed by atoms with Gasteiger partial charge in [0.25, 0.3) is 0 Å². The van der Waals surface area contributed by atoms with Crippen LogP contribution in [-0.2, 0) is 0 Å². The normalized spacial score (nSPS) is 13.6. The number of ether oxygens (including phenoxy) is 1. The predicted molar refractivity (Wildman–Crippen MR) is 69.0 cm³/mol. The van der Waals surface area contributed by atoms with Crippen LogP contribution < -0.4 is 10.5 Å². The third kappa shape index (κ3) is 3.69. The zero-order chi connectivity index (χ0) is 12.3. The van der Waals surface area contributed by atoms with Crippen LogP contribution in [0.1, 0.15) is 38.8 Å². The van der Waals surface area contributed by atoms with Gasteiger partial charge >= 0.3 is 0 Å². The molecule has 90 valence electrons. The molecule has 2 nitrogen and oxygen atoms in total. The van der Waals surface area contributed by atoms with E-state index in [2.05, 4.69) is 20.8 Å². The van der Waals surface area contributed by atoms with E-state index in [1.165, 1.54) is 0 Å². The van der Waals surface area contributed by atoms with Crippen LogP contribution in [0, 0.1) is 5.41 Å². The molecule has 0 aliphatic rings. The second-order valence-electron chi connectivity index (χ2n) is 5.26. The highest BCUT2D eigenvalue weighted by Gasteiger charge is 2.19. The molecule has 0 aromatic heterocycles. The van der Waals surface area contributed by atoms with E-state index in [0.717, 1.165) is 17.7 Å². The van der Waals surface area contributed by atoms with Crippen molar-refractivity contribution in [3.8, 4) is 5.75 Å². The first-order valence-corrected chi connectivity index (χ1v) is 5.80. The quantitative estimate of drug-likeness (QED) is 0.874. The SMILES string of the molecule is COc1ccc(Cl)cc1C(N)CC(C)(C)C. The predicted octanol–water partition coefficient (Wildman–Crippen LogP) is 3.78. The summed E-state index contributed by atoms with van der Waals surface area (Å²) in [6.07, 6.45) is 0.893. The van der Waals surface area contributed by atoms with Crippen molar-refractivity contribution < 1.29 is 4.74 Å². The third-order valence-corrected chi connectivity index (χ3v) is 2.66. The molecule has 0 aliphatic carbocycles. The Morgan fingerprint density at radius 1 is 1.38 bits per heavy atom. The molecule has 0 amide bonds. The molecule has 1 rings (SSSR count). The molecule has 0 saturated carbocycles. The number of methoxy groups -OCH3 is 1. The molecule has 1 atom stereocenters. The van der Waals surface area contributed by atoms with Crippen molar-refractivity contribution in [1.82, 2.24) is 0 Å². The molecule has 0 spiro atoms. The standard InChI is InChI=1S/C13H20ClNO/c1-13(2,3)8-11(15)10-7-9(14)5-6-12(10)16-4/h5-7,11H,8,15H2,1-4H3. The Labute approximate surface area is 103 Å².